The molecule has 146 valence electrons. The van der Waals surface area contributed by atoms with Crippen LogP contribution < -0.4 is 9.64 Å². The molecule has 0 N–H and O–H groups in total. The maximum absolute atomic E-state index is 14.3. The first-order valence-corrected chi connectivity index (χ1v) is 9.34. The van der Waals surface area contributed by atoms with Gasteiger partial charge in [-0.2, -0.15) is 10.2 Å². The van der Waals surface area contributed by atoms with Crippen molar-refractivity contribution in [1.29, 1.82) is 5.26 Å². The molecule has 2 aliphatic rings. The largest absolute Gasteiger partial charge is 0.471 e. The molecule has 0 radical (unpaired) electrons. The van der Waals surface area contributed by atoms with Gasteiger partial charge in [-0.3, -0.25) is 0 Å². The maximum atomic E-state index is 14.3. The van der Waals surface area contributed by atoms with E-state index in [-0.39, 0.29) is 29.4 Å². The predicted molar refractivity (Wildman–Crippen MR) is 97.3 cm³/mol. The number of halogens is 3. The molecule has 1 atom stereocenters. The van der Waals surface area contributed by atoms with Crippen molar-refractivity contribution in [2.75, 3.05) is 18.0 Å². The average molecular weight is 387 g/mol. The Labute approximate surface area is 161 Å². The smallest absolute Gasteiger partial charge is 0.252 e. The summed E-state index contributed by atoms with van der Waals surface area (Å²) in [7, 11) is 0. The molecule has 4 rings (SSSR count). The second-order valence-corrected chi connectivity index (χ2v) is 7.74. The lowest BCUT2D eigenvalue weighted by Gasteiger charge is -2.33. The summed E-state index contributed by atoms with van der Waals surface area (Å²) in [6.07, 6.45) is 3.16. The second kappa shape index (κ2) is 7.01. The fraction of sp³-hybridized carbons (Fsp3) is 0.429. The van der Waals surface area contributed by atoms with Crippen LogP contribution >= 0.6 is 0 Å². The van der Waals surface area contributed by atoms with Gasteiger partial charge in [0.15, 0.2) is 17.5 Å². The minimum Gasteiger partial charge on any atom is -0.471 e. The van der Waals surface area contributed by atoms with Crippen LogP contribution in [0.4, 0.5) is 19.0 Å². The summed E-state index contributed by atoms with van der Waals surface area (Å²) in [5.74, 6) is -1.86. The highest BCUT2D eigenvalue weighted by Gasteiger charge is 2.52. The SMILES string of the molecule is CC1CC12CCN(c1nc(OCc3ccc(C#N)cc3F)c(F)cc1F)CC2. The number of ether oxygens (including phenoxy) is 1. The van der Waals surface area contributed by atoms with Crippen LogP contribution in [0.15, 0.2) is 24.3 Å². The summed E-state index contributed by atoms with van der Waals surface area (Å²) < 4.78 is 47.7. The van der Waals surface area contributed by atoms with Crippen molar-refractivity contribution >= 4 is 5.82 Å². The lowest BCUT2D eigenvalue weighted by Crippen LogP contribution is -2.36. The zero-order chi connectivity index (χ0) is 19.9. The zero-order valence-corrected chi connectivity index (χ0v) is 15.5. The molecule has 2 fully saturated rings. The zero-order valence-electron chi connectivity index (χ0n) is 15.5. The molecule has 1 unspecified atom stereocenters. The van der Waals surface area contributed by atoms with Gasteiger partial charge in [-0.1, -0.05) is 13.0 Å². The van der Waals surface area contributed by atoms with Gasteiger partial charge in [0, 0.05) is 24.7 Å². The third kappa shape index (κ3) is 3.39. The lowest BCUT2D eigenvalue weighted by atomic mass is 9.91. The molecule has 1 aliphatic carbocycles. The third-order valence-electron chi connectivity index (χ3n) is 6.08. The van der Waals surface area contributed by atoms with E-state index in [9.17, 15) is 13.2 Å². The molecule has 2 aromatic rings. The lowest BCUT2D eigenvalue weighted by molar-refractivity contribution is 0.270. The molecule has 0 bridgehead atoms. The first-order chi connectivity index (χ1) is 13.4. The van der Waals surface area contributed by atoms with Crippen LogP contribution in [0.3, 0.4) is 0 Å². The monoisotopic (exact) mass is 387 g/mol. The van der Waals surface area contributed by atoms with E-state index in [1.54, 1.807) is 0 Å². The Morgan fingerprint density at radius 2 is 1.89 bits per heavy atom. The van der Waals surface area contributed by atoms with Crippen molar-refractivity contribution < 1.29 is 17.9 Å². The van der Waals surface area contributed by atoms with Crippen molar-refractivity contribution in [3.8, 4) is 11.9 Å². The summed E-state index contributed by atoms with van der Waals surface area (Å²) in [5, 5.41) is 8.78. The van der Waals surface area contributed by atoms with E-state index >= 15 is 0 Å². The van der Waals surface area contributed by atoms with E-state index in [1.165, 1.54) is 18.6 Å². The Hall–Kier alpha value is -2.75. The summed E-state index contributed by atoms with van der Waals surface area (Å²) >= 11 is 0. The molecule has 2 heterocycles. The molecule has 4 nitrogen and oxygen atoms in total. The van der Waals surface area contributed by atoms with Gasteiger partial charge in [-0.05, 0) is 42.7 Å². The second-order valence-electron chi connectivity index (χ2n) is 7.74. The van der Waals surface area contributed by atoms with Crippen molar-refractivity contribution in [3.63, 3.8) is 0 Å². The van der Waals surface area contributed by atoms with E-state index in [0.717, 1.165) is 25.0 Å². The quantitative estimate of drug-likeness (QED) is 0.771. The standard InChI is InChI=1S/C21H20F3N3O/c1-13-10-21(13)4-6-27(7-5-21)19-17(23)9-18(24)20(26-19)28-12-15-3-2-14(11-25)8-16(15)22/h2-3,8-9,13H,4-7,10,12H2,1H3. The maximum Gasteiger partial charge on any atom is 0.252 e. The topological polar surface area (TPSA) is 49.2 Å². The molecular weight excluding hydrogens is 367 g/mol. The number of hydrogen-bond acceptors (Lipinski definition) is 4. The molecule has 1 aromatic carbocycles. The van der Waals surface area contributed by atoms with Gasteiger partial charge in [0.05, 0.1) is 11.6 Å². The Morgan fingerprint density at radius 1 is 1.18 bits per heavy atom. The Balaban J connectivity index is 1.49. The van der Waals surface area contributed by atoms with E-state index in [0.29, 0.717) is 24.4 Å². The summed E-state index contributed by atoms with van der Waals surface area (Å²) in [5.41, 5.74) is 0.732. The van der Waals surface area contributed by atoms with Crippen molar-refractivity contribution in [2.24, 2.45) is 11.3 Å². The first-order valence-electron chi connectivity index (χ1n) is 9.34. The molecule has 1 aliphatic heterocycles. The highest BCUT2D eigenvalue weighted by atomic mass is 19.1. The molecule has 1 saturated carbocycles. The number of benzene rings is 1. The predicted octanol–water partition coefficient (Wildman–Crippen LogP) is 4.58. The molecular formula is C21H20F3N3O. The number of pyridine rings is 1. The molecule has 0 amide bonds. The van der Waals surface area contributed by atoms with Crippen molar-refractivity contribution in [1.82, 2.24) is 4.98 Å². The molecule has 1 spiro atoms. The molecule has 28 heavy (non-hydrogen) atoms. The first kappa shape index (κ1) is 18.6. The van der Waals surface area contributed by atoms with Gasteiger partial charge in [0.25, 0.3) is 5.88 Å². The van der Waals surface area contributed by atoms with E-state index in [4.69, 9.17) is 10.00 Å². The van der Waals surface area contributed by atoms with Gasteiger partial charge in [0.1, 0.15) is 12.4 Å². The number of rotatable bonds is 4. The Kier molecular flexibility index (Phi) is 4.66. The minimum absolute atomic E-state index is 0.0693. The van der Waals surface area contributed by atoms with Crippen LogP contribution in [0.25, 0.3) is 0 Å². The van der Waals surface area contributed by atoms with Gasteiger partial charge in [-0.25, -0.2) is 13.2 Å². The average Bonchev–Trinajstić information content (AvgIpc) is 3.31. The summed E-state index contributed by atoms with van der Waals surface area (Å²) in [6, 6.07) is 6.53. The van der Waals surface area contributed by atoms with Crippen LogP contribution in [-0.2, 0) is 6.61 Å². The number of hydrogen-bond donors (Lipinski definition) is 0. The number of anilines is 1. The van der Waals surface area contributed by atoms with E-state index in [2.05, 4.69) is 11.9 Å². The number of nitriles is 1. The Bertz CT molecular complexity index is 949. The van der Waals surface area contributed by atoms with E-state index in [1.807, 2.05) is 11.0 Å². The van der Waals surface area contributed by atoms with Gasteiger partial charge >= 0.3 is 0 Å². The minimum atomic E-state index is -0.931. The summed E-state index contributed by atoms with van der Waals surface area (Å²) in [6.45, 7) is 3.31. The van der Waals surface area contributed by atoms with Crippen LogP contribution in [0, 0.1) is 40.1 Å². The number of nitrogens with zero attached hydrogens (tertiary/aromatic N) is 3. The van der Waals surface area contributed by atoms with Gasteiger partial charge in [-0.15, -0.1) is 0 Å². The Morgan fingerprint density at radius 3 is 2.50 bits per heavy atom. The van der Waals surface area contributed by atoms with Crippen LogP contribution in [0.1, 0.15) is 37.3 Å². The summed E-state index contributed by atoms with van der Waals surface area (Å²) in [4.78, 5) is 5.86. The van der Waals surface area contributed by atoms with Crippen LogP contribution in [0.2, 0.25) is 0 Å². The van der Waals surface area contributed by atoms with Crippen molar-refractivity contribution in [2.45, 2.75) is 32.8 Å². The molecule has 1 aromatic heterocycles. The highest BCUT2D eigenvalue weighted by Crippen LogP contribution is 2.59. The van der Waals surface area contributed by atoms with E-state index < -0.39 is 17.5 Å². The van der Waals surface area contributed by atoms with Crippen LogP contribution in [0.5, 0.6) is 5.88 Å². The number of piperidine rings is 1. The third-order valence-corrected chi connectivity index (χ3v) is 6.08. The fourth-order valence-electron chi connectivity index (χ4n) is 4.06. The molecule has 1 saturated heterocycles. The normalized spacial score (nSPS) is 20.1. The van der Waals surface area contributed by atoms with Crippen LogP contribution in [-0.4, -0.2) is 18.1 Å². The number of aromatic nitrogens is 1. The van der Waals surface area contributed by atoms with Gasteiger partial charge in [0.2, 0.25) is 0 Å². The van der Waals surface area contributed by atoms with Gasteiger partial charge < -0.3 is 9.64 Å². The molecule has 7 heteroatoms. The highest BCUT2D eigenvalue weighted by molar-refractivity contribution is 5.44. The van der Waals surface area contributed by atoms with Crippen molar-refractivity contribution in [3.05, 3.63) is 52.8 Å². The fourth-order valence-corrected chi connectivity index (χ4v) is 4.06.